The van der Waals surface area contributed by atoms with Crippen LogP contribution in [0.25, 0.3) is 5.69 Å². The first-order valence-electron chi connectivity index (χ1n) is 9.47. The third kappa shape index (κ3) is 5.67. The van der Waals surface area contributed by atoms with Gasteiger partial charge in [0.2, 0.25) is 0 Å². The molecule has 0 saturated carbocycles. The number of carbonyl (C=O) groups excluding carboxylic acids is 1. The number of nitrogens with zero attached hydrogens (tertiary/aromatic N) is 2. The predicted octanol–water partition coefficient (Wildman–Crippen LogP) is 3.07. The minimum absolute atomic E-state index is 0.106. The van der Waals surface area contributed by atoms with Crippen LogP contribution in [-0.2, 0) is 16.1 Å². The summed E-state index contributed by atoms with van der Waals surface area (Å²) < 4.78 is 7.96. The molecule has 0 unspecified atom stereocenters. The van der Waals surface area contributed by atoms with E-state index in [1.54, 1.807) is 13.1 Å². The Labute approximate surface area is 159 Å². The van der Waals surface area contributed by atoms with Gasteiger partial charge in [0.15, 0.2) is 0 Å². The third-order valence-electron chi connectivity index (χ3n) is 4.37. The van der Waals surface area contributed by atoms with Gasteiger partial charge in [-0.25, -0.2) is 4.79 Å². The Hall–Kier alpha value is -2.63. The monoisotopic (exact) mass is 372 g/mol. The molecular formula is C21H28N2O4. The summed E-state index contributed by atoms with van der Waals surface area (Å²) in [5.74, 6) is -0.284. The van der Waals surface area contributed by atoms with Gasteiger partial charge in [-0.05, 0) is 38.3 Å². The SMILES string of the molecule is Cc1cn(-c2ccccc2)c(=O)n(CCCCCCOC(=O)C(C)C)c1=O. The van der Waals surface area contributed by atoms with Gasteiger partial charge in [-0.3, -0.25) is 18.7 Å². The summed E-state index contributed by atoms with van der Waals surface area (Å²) in [5, 5.41) is 0. The number of esters is 1. The lowest BCUT2D eigenvalue weighted by molar-refractivity contribution is -0.147. The number of para-hydroxylation sites is 1. The summed E-state index contributed by atoms with van der Waals surface area (Å²) in [5.41, 5.74) is 0.728. The van der Waals surface area contributed by atoms with Gasteiger partial charge in [0.05, 0.1) is 18.2 Å². The van der Waals surface area contributed by atoms with E-state index in [4.69, 9.17) is 4.74 Å². The summed E-state index contributed by atoms with van der Waals surface area (Å²) >= 11 is 0. The highest BCUT2D eigenvalue weighted by molar-refractivity contribution is 5.71. The van der Waals surface area contributed by atoms with E-state index in [9.17, 15) is 14.4 Å². The van der Waals surface area contributed by atoms with Crippen LogP contribution in [0.5, 0.6) is 0 Å². The van der Waals surface area contributed by atoms with Crippen molar-refractivity contribution < 1.29 is 9.53 Å². The third-order valence-corrected chi connectivity index (χ3v) is 4.37. The van der Waals surface area contributed by atoms with Crippen LogP contribution in [0.15, 0.2) is 46.1 Å². The summed E-state index contributed by atoms with van der Waals surface area (Å²) in [6.07, 6.45) is 4.86. The van der Waals surface area contributed by atoms with Gasteiger partial charge in [-0.1, -0.05) is 38.5 Å². The number of hydrogen-bond acceptors (Lipinski definition) is 4. The van der Waals surface area contributed by atoms with Crippen molar-refractivity contribution >= 4 is 5.97 Å². The highest BCUT2D eigenvalue weighted by Crippen LogP contribution is 2.06. The zero-order valence-electron chi connectivity index (χ0n) is 16.3. The van der Waals surface area contributed by atoms with Crippen LogP contribution >= 0.6 is 0 Å². The largest absolute Gasteiger partial charge is 0.465 e. The number of benzene rings is 1. The molecule has 6 nitrogen and oxygen atoms in total. The fourth-order valence-corrected chi connectivity index (χ4v) is 2.77. The molecule has 0 fully saturated rings. The van der Waals surface area contributed by atoms with E-state index in [-0.39, 0.29) is 23.1 Å². The van der Waals surface area contributed by atoms with Crippen LogP contribution in [0, 0.1) is 12.8 Å². The number of ether oxygens (including phenoxy) is 1. The normalized spacial score (nSPS) is 11.0. The molecule has 0 amide bonds. The maximum atomic E-state index is 12.7. The van der Waals surface area contributed by atoms with E-state index in [0.29, 0.717) is 18.7 Å². The van der Waals surface area contributed by atoms with Crippen LogP contribution in [0.1, 0.15) is 45.1 Å². The maximum absolute atomic E-state index is 12.7. The molecule has 0 aliphatic carbocycles. The lowest BCUT2D eigenvalue weighted by Gasteiger charge is -2.12. The second-order valence-corrected chi connectivity index (χ2v) is 6.99. The van der Waals surface area contributed by atoms with Crippen molar-refractivity contribution in [1.29, 1.82) is 0 Å². The summed E-state index contributed by atoms with van der Waals surface area (Å²) in [6.45, 7) is 6.15. The molecule has 1 aromatic carbocycles. The van der Waals surface area contributed by atoms with Gasteiger partial charge in [0.1, 0.15) is 0 Å². The summed E-state index contributed by atoms with van der Waals surface area (Å²) in [6, 6.07) is 9.29. The molecule has 1 aromatic heterocycles. The molecular weight excluding hydrogens is 344 g/mol. The van der Waals surface area contributed by atoms with Gasteiger partial charge in [0.25, 0.3) is 5.56 Å². The lowest BCUT2D eigenvalue weighted by atomic mass is 10.2. The Morgan fingerprint density at radius 3 is 2.37 bits per heavy atom. The van der Waals surface area contributed by atoms with Crippen LogP contribution in [-0.4, -0.2) is 21.7 Å². The Morgan fingerprint density at radius 2 is 1.70 bits per heavy atom. The second-order valence-electron chi connectivity index (χ2n) is 6.99. The molecule has 0 N–H and O–H groups in total. The zero-order valence-corrected chi connectivity index (χ0v) is 16.3. The molecule has 0 aliphatic rings. The molecule has 0 bridgehead atoms. The predicted molar refractivity (Wildman–Crippen MR) is 105 cm³/mol. The minimum Gasteiger partial charge on any atom is -0.465 e. The maximum Gasteiger partial charge on any atom is 0.335 e. The molecule has 0 radical (unpaired) electrons. The van der Waals surface area contributed by atoms with Gasteiger partial charge in [-0.15, -0.1) is 0 Å². The van der Waals surface area contributed by atoms with E-state index >= 15 is 0 Å². The highest BCUT2D eigenvalue weighted by Gasteiger charge is 2.10. The first kappa shape index (κ1) is 20.7. The molecule has 0 atom stereocenters. The Kier molecular flexibility index (Phi) is 7.58. The van der Waals surface area contributed by atoms with Crippen molar-refractivity contribution in [2.75, 3.05) is 6.61 Å². The van der Waals surface area contributed by atoms with E-state index in [1.807, 2.05) is 44.2 Å². The second kappa shape index (κ2) is 9.90. The number of hydrogen-bond donors (Lipinski definition) is 0. The molecule has 0 saturated heterocycles. The summed E-state index contributed by atoms with van der Waals surface area (Å²) in [4.78, 5) is 36.5. The van der Waals surface area contributed by atoms with Gasteiger partial charge in [0, 0.05) is 18.3 Å². The number of aryl methyl sites for hydroxylation is 1. The number of unbranched alkanes of at least 4 members (excludes halogenated alkanes) is 3. The molecule has 146 valence electrons. The van der Waals surface area contributed by atoms with Crippen LogP contribution in [0.3, 0.4) is 0 Å². The van der Waals surface area contributed by atoms with E-state index in [2.05, 4.69) is 0 Å². The van der Waals surface area contributed by atoms with Crippen molar-refractivity contribution in [1.82, 2.24) is 9.13 Å². The van der Waals surface area contributed by atoms with Gasteiger partial charge in [-0.2, -0.15) is 0 Å². The van der Waals surface area contributed by atoms with E-state index in [0.717, 1.165) is 31.4 Å². The topological polar surface area (TPSA) is 70.3 Å². The van der Waals surface area contributed by atoms with Crippen molar-refractivity contribution in [2.45, 2.75) is 53.0 Å². The number of rotatable bonds is 9. The highest BCUT2D eigenvalue weighted by atomic mass is 16.5. The summed E-state index contributed by atoms with van der Waals surface area (Å²) in [7, 11) is 0. The van der Waals surface area contributed by atoms with Gasteiger partial charge < -0.3 is 4.74 Å². The fraction of sp³-hybridized carbons (Fsp3) is 0.476. The quantitative estimate of drug-likeness (QED) is 0.501. The van der Waals surface area contributed by atoms with E-state index < -0.39 is 0 Å². The molecule has 1 heterocycles. The zero-order chi connectivity index (χ0) is 19.8. The molecule has 6 heteroatoms. The Morgan fingerprint density at radius 1 is 1.04 bits per heavy atom. The smallest absolute Gasteiger partial charge is 0.335 e. The minimum atomic E-state index is -0.317. The van der Waals surface area contributed by atoms with Crippen LogP contribution in [0.2, 0.25) is 0 Å². The first-order chi connectivity index (χ1) is 12.9. The number of aromatic nitrogens is 2. The van der Waals surface area contributed by atoms with Crippen molar-refractivity contribution in [3.8, 4) is 5.69 Å². The Balaban J connectivity index is 1.93. The lowest BCUT2D eigenvalue weighted by Crippen LogP contribution is -2.40. The molecule has 2 rings (SSSR count). The average Bonchev–Trinajstić information content (AvgIpc) is 2.66. The van der Waals surface area contributed by atoms with Crippen LogP contribution in [0.4, 0.5) is 0 Å². The molecule has 0 spiro atoms. The average molecular weight is 372 g/mol. The number of carbonyl (C=O) groups is 1. The van der Waals surface area contributed by atoms with Crippen molar-refractivity contribution in [2.24, 2.45) is 5.92 Å². The van der Waals surface area contributed by atoms with Crippen LogP contribution < -0.4 is 11.2 Å². The van der Waals surface area contributed by atoms with Gasteiger partial charge >= 0.3 is 11.7 Å². The van der Waals surface area contributed by atoms with Crippen molar-refractivity contribution in [3.05, 3.63) is 62.9 Å². The van der Waals surface area contributed by atoms with Crippen molar-refractivity contribution in [3.63, 3.8) is 0 Å². The Bertz CT molecular complexity index is 866. The molecule has 27 heavy (non-hydrogen) atoms. The van der Waals surface area contributed by atoms with E-state index in [1.165, 1.54) is 9.13 Å². The standard InChI is InChI=1S/C21H28N2O4/c1-16(2)20(25)27-14-10-5-4-9-13-22-19(24)17(3)15-23(21(22)26)18-11-7-6-8-12-18/h6-8,11-12,15-16H,4-5,9-10,13-14H2,1-3H3. The fourth-order valence-electron chi connectivity index (χ4n) is 2.77. The molecule has 2 aromatic rings. The molecule has 0 aliphatic heterocycles. The first-order valence-corrected chi connectivity index (χ1v) is 9.47.